The Morgan fingerprint density at radius 3 is 2.55 bits per heavy atom. The molecule has 3 heteroatoms. The molecule has 0 saturated carbocycles. The molecule has 1 saturated heterocycles. The van der Waals surface area contributed by atoms with E-state index in [1.807, 2.05) is 12.1 Å². The molecule has 3 nitrogen and oxygen atoms in total. The molecule has 1 aromatic carbocycles. The Hall–Kier alpha value is -1.38. The van der Waals surface area contributed by atoms with Gasteiger partial charge in [-0.05, 0) is 36.8 Å². The van der Waals surface area contributed by atoms with Crippen molar-refractivity contribution in [2.75, 3.05) is 30.3 Å². The highest BCUT2D eigenvalue weighted by molar-refractivity contribution is 5.74. The zero-order valence-electron chi connectivity index (χ0n) is 13.1. The van der Waals surface area contributed by atoms with Gasteiger partial charge in [-0.25, -0.2) is 0 Å². The molecule has 112 valence electrons. The van der Waals surface area contributed by atoms with Gasteiger partial charge in [0.2, 0.25) is 0 Å². The molecular weight excluding hydrogens is 248 g/mol. The van der Waals surface area contributed by atoms with E-state index in [2.05, 4.69) is 31.7 Å². The lowest BCUT2D eigenvalue weighted by Gasteiger charge is -2.40. The van der Waals surface area contributed by atoms with Crippen LogP contribution in [0.5, 0.6) is 5.75 Å². The molecule has 2 rings (SSSR count). The highest BCUT2D eigenvalue weighted by atomic mass is 16.5. The Morgan fingerprint density at radius 2 is 1.95 bits per heavy atom. The number of rotatable bonds is 5. The standard InChI is InChI=1S/C17H28N2O/c1-4-13-20-15-8-6-7-14(16(15)18)19-11-9-17(3,5-2)10-12-19/h6-8H,4-5,9-13,18H2,1-3H3. The molecule has 0 unspecified atom stereocenters. The number of benzene rings is 1. The monoisotopic (exact) mass is 276 g/mol. The summed E-state index contributed by atoms with van der Waals surface area (Å²) in [4.78, 5) is 2.41. The summed E-state index contributed by atoms with van der Waals surface area (Å²) in [6.07, 6.45) is 4.74. The summed E-state index contributed by atoms with van der Waals surface area (Å²) in [5, 5.41) is 0. The lowest BCUT2D eigenvalue weighted by atomic mass is 9.78. The Balaban J connectivity index is 2.10. The molecule has 1 fully saturated rings. The van der Waals surface area contributed by atoms with Gasteiger partial charge in [0, 0.05) is 13.1 Å². The first-order valence-corrected chi connectivity index (χ1v) is 7.86. The van der Waals surface area contributed by atoms with E-state index >= 15 is 0 Å². The van der Waals surface area contributed by atoms with E-state index in [9.17, 15) is 0 Å². The molecule has 0 atom stereocenters. The molecule has 0 spiro atoms. The summed E-state index contributed by atoms with van der Waals surface area (Å²) in [7, 11) is 0. The minimum Gasteiger partial charge on any atom is -0.491 e. The number of anilines is 2. The molecular formula is C17H28N2O. The van der Waals surface area contributed by atoms with Crippen LogP contribution in [0.1, 0.15) is 46.5 Å². The third-order valence-corrected chi connectivity index (χ3v) is 4.67. The predicted molar refractivity (Wildman–Crippen MR) is 86.5 cm³/mol. The zero-order valence-corrected chi connectivity index (χ0v) is 13.1. The van der Waals surface area contributed by atoms with Gasteiger partial charge in [0.15, 0.2) is 0 Å². The van der Waals surface area contributed by atoms with Crippen LogP contribution >= 0.6 is 0 Å². The summed E-state index contributed by atoms with van der Waals surface area (Å²) in [5.74, 6) is 0.827. The fraction of sp³-hybridized carbons (Fsp3) is 0.647. The molecule has 0 aromatic heterocycles. The van der Waals surface area contributed by atoms with Gasteiger partial charge in [0.05, 0.1) is 18.0 Å². The quantitative estimate of drug-likeness (QED) is 0.824. The van der Waals surface area contributed by atoms with Gasteiger partial charge in [-0.3, -0.25) is 0 Å². The van der Waals surface area contributed by atoms with Gasteiger partial charge in [-0.2, -0.15) is 0 Å². The summed E-state index contributed by atoms with van der Waals surface area (Å²) in [5.41, 5.74) is 8.72. The Bertz CT molecular complexity index is 437. The van der Waals surface area contributed by atoms with Crippen molar-refractivity contribution in [1.82, 2.24) is 0 Å². The second-order valence-electron chi connectivity index (χ2n) is 6.19. The second kappa shape index (κ2) is 6.38. The topological polar surface area (TPSA) is 38.5 Å². The van der Waals surface area contributed by atoms with Crippen molar-refractivity contribution in [3.63, 3.8) is 0 Å². The number of hydrogen-bond acceptors (Lipinski definition) is 3. The first-order valence-electron chi connectivity index (χ1n) is 7.86. The van der Waals surface area contributed by atoms with Crippen molar-refractivity contribution in [2.24, 2.45) is 5.41 Å². The molecule has 1 aromatic rings. The average molecular weight is 276 g/mol. The molecule has 0 radical (unpaired) electrons. The van der Waals surface area contributed by atoms with Crippen LogP contribution in [-0.4, -0.2) is 19.7 Å². The number of hydrogen-bond donors (Lipinski definition) is 1. The fourth-order valence-electron chi connectivity index (χ4n) is 2.79. The summed E-state index contributed by atoms with van der Waals surface area (Å²) in [6, 6.07) is 6.13. The molecule has 0 bridgehead atoms. The Kier molecular flexibility index (Phi) is 4.79. The number of nitrogens with two attached hydrogens (primary N) is 1. The van der Waals surface area contributed by atoms with Crippen molar-refractivity contribution < 1.29 is 4.74 Å². The zero-order chi connectivity index (χ0) is 14.6. The van der Waals surface area contributed by atoms with Crippen LogP contribution in [0.2, 0.25) is 0 Å². The van der Waals surface area contributed by atoms with Crippen LogP contribution in [-0.2, 0) is 0 Å². The Labute approximate surface area is 123 Å². The summed E-state index contributed by atoms with van der Waals surface area (Å²) < 4.78 is 5.73. The number of para-hydroxylation sites is 1. The van der Waals surface area contributed by atoms with Crippen LogP contribution in [0.3, 0.4) is 0 Å². The minimum absolute atomic E-state index is 0.502. The van der Waals surface area contributed by atoms with E-state index in [1.165, 1.54) is 19.3 Å². The first-order chi connectivity index (χ1) is 9.59. The van der Waals surface area contributed by atoms with Crippen molar-refractivity contribution in [2.45, 2.75) is 46.5 Å². The molecule has 0 amide bonds. The van der Waals surface area contributed by atoms with E-state index in [0.29, 0.717) is 5.41 Å². The van der Waals surface area contributed by atoms with E-state index in [0.717, 1.165) is 43.2 Å². The maximum atomic E-state index is 6.29. The molecule has 2 N–H and O–H groups in total. The van der Waals surface area contributed by atoms with Crippen LogP contribution in [0.25, 0.3) is 0 Å². The van der Waals surface area contributed by atoms with Crippen molar-refractivity contribution in [3.05, 3.63) is 18.2 Å². The van der Waals surface area contributed by atoms with Crippen molar-refractivity contribution in [1.29, 1.82) is 0 Å². The number of ether oxygens (including phenoxy) is 1. The second-order valence-corrected chi connectivity index (χ2v) is 6.19. The van der Waals surface area contributed by atoms with E-state index in [1.54, 1.807) is 0 Å². The largest absolute Gasteiger partial charge is 0.491 e. The molecule has 1 heterocycles. The van der Waals surface area contributed by atoms with Crippen LogP contribution in [0, 0.1) is 5.41 Å². The smallest absolute Gasteiger partial charge is 0.144 e. The molecule has 20 heavy (non-hydrogen) atoms. The van der Waals surface area contributed by atoms with E-state index in [4.69, 9.17) is 10.5 Å². The maximum absolute atomic E-state index is 6.29. The van der Waals surface area contributed by atoms with Crippen molar-refractivity contribution >= 4 is 11.4 Å². The van der Waals surface area contributed by atoms with Crippen LogP contribution < -0.4 is 15.4 Å². The fourth-order valence-corrected chi connectivity index (χ4v) is 2.79. The lowest BCUT2D eigenvalue weighted by Crippen LogP contribution is -2.38. The van der Waals surface area contributed by atoms with Gasteiger partial charge in [0.25, 0.3) is 0 Å². The summed E-state index contributed by atoms with van der Waals surface area (Å²) in [6.45, 7) is 9.70. The molecule has 0 aliphatic carbocycles. The van der Waals surface area contributed by atoms with Crippen LogP contribution in [0.4, 0.5) is 11.4 Å². The van der Waals surface area contributed by atoms with Gasteiger partial charge in [-0.15, -0.1) is 0 Å². The van der Waals surface area contributed by atoms with E-state index < -0.39 is 0 Å². The third kappa shape index (κ3) is 3.20. The highest BCUT2D eigenvalue weighted by Crippen LogP contribution is 2.39. The number of nitrogens with zero attached hydrogens (tertiary/aromatic N) is 1. The predicted octanol–water partition coefficient (Wildman–Crippen LogP) is 4.07. The van der Waals surface area contributed by atoms with Gasteiger partial charge < -0.3 is 15.4 Å². The Morgan fingerprint density at radius 1 is 1.25 bits per heavy atom. The first kappa shape index (κ1) is 15.0. The average Bonchev–Trinajstić information content (AvgIpc) is 2.47. The summed E-state index contributed by atoms with van der Waals surface area (Å²) >= 11 is 0. The third-order valence-electron chi connectivity index (χ3n) is 4.67. The SMILES string of the molecule is CCCOc1cccc(N2CCC(C)(CC)CC2)c1N. The molecule has 1 aliphatic rings. The van der Waals surface area contributed by atoms with Crippen LogP contribution in [0.15, 0.2) is 18.2 Å². The van der Waals surface area contributed by atoms with Gasteiger partial charge >= 0.3 is 0 Å². The minimum atomic E-state index is 0.502. The highest BCUT2D eigenvalue weighted by Gasteiger charge is 2.29. The van der Waals surface area contributed by atoms with Crippen molar-refractivity contribution in [3.8, 4) is 5.75 Å². The molecule has 1 aliphatic heterocycles. The number of nitrogen functional groups attached to an aromatic ring is 1. The maximum Gasteiger partial charge on any atom is 0.144 e. The normalized spacial score (nSPS) is 18.1. The van der Waals surface area contributed by atoms with E-state index in [-0.39, 0.29) is 0 Å². The lowest BCUT2D eigenvalue weighted by molar-refractivity contribution is 0.238. The number of piperidine rings is 1. The van der Waals surface area contributed by atoms with Gasteiger partial charge in [0.1, 0.15) is 5.75 Å². The van der Waals surface area contributed by atoms with Gasteiger partial charge in [-0.1, -0.05) is 33.3 Å².